The quantitative estimate of drug-likeness (QED) is 0.798. The Bertz CT molecular complexity index is 583. The molecule has 1 fully saturated rings. The molecule has 1 atom stereocenters. The first-order chi connectivity index (χ1) is 9.38. The van der Waals surface area contributed by atoms with Crippen LogP contribution in [-0.2, 0) is 21.5 Å². The zero-order chi connectivity index (χ0) is 14.8. The molecular weight excluding hydrogens is 286 g/mol. The van der Waals surface area contributed by atoms with Gasteiger partial charge in [0.2, 0.25) is 0 Å². The number of aliphatic carboxylic acids is 1. The molecule has 1 unspecified atom stereocenters. The van der Waals surface area contributed by atoms with E-state index in [2.05, 4.69) is 9.88 Å². The number of aryl methyl sites for hydroxylation is 1. The summed E-state index contributed by atoms with van der Waals surface area (Å²) in [6.07, 6.45) is 1.04. The topological polar surface area (TPSA) is 113 Å². The second-order valence-electron chi connectivity index (χ2n) is 4.80. The van der Waals surface area contributed by atoms with Crippen molar-refractivity contribution in [3.8, 4) is 0 Å². The summed E-state index contributed by atoms with van der Waals surface area (Å²) in [6.45, 7) is 2.07. The summed E-state index contributed by atoms with van der Waals surface area (Å²) in [5, 5.41) is 12.6. The molecule has 1 aromatic rings. The maximum absolute atomic E-state index is 12.1. The SMILES string of the molecule is Cc1cc(CNS(=O)(=O)N2CCCC(C(=O)O)C2)on1. The fraction of sp³-hybridized carbons (Fsp3) is 0.636. The number of nitrogens with zero attached hydrogens (tertiary/aromatic N) is 2. The smallest absolute Gasteiger partial charge is 0.307 e. The van der Waals surface area contributed by atoms with Gasteiger partial charge in [-0.2, -0.15) is 17.4 Å². The van der Waals surface area contributed by atoms with Crippen molar-refractivity contribution in [3.63, 3.8) is 0 Å². The summed E-state index contributed by atoms with van der Waals surface area (Å²) in [6, 6.07) is 1.64. The molecule has 2 rings (SSSR count). The number of carbonyl (C=O) groups is 1. The van der Waals surface area contributed by atoms with Gasteiger partial charge in [-0.15, -0.1) is 0 Å². The van der Waals surface area contributed by atoms with Crippen molar-refractivity contribution in [1.82, 2.24) is 14.2 Å². The van der Waals surface area contributed by atoms with Gasteiger partial charge in [0.1, 0.15) is 0 Å². The third-order valence-corrected chi connectivity index (χ3v) is 4.70. The lowest BCUT2D eigenvalue weighted by atomic mass is 10.0. The fourth-order valence-electron chi connectivity index (χ4n) is 2.12. The molecule has 0 saturated carbocycles. The monoisotopic (exact) mass is 303 g/mol. The van der Waals surface area contributed by atoms with E-state index >= 15 is 0 Å². The van der Waals surface area contributed by atoms with Crippen molar-refractivity contribution in [2.75, 3.05) is 13.1 Å². The number of carboxylic acid groups (broad SMARTS) is 1. The number of aromatic nitrogens is 1. The van der Waals surface area contributed by atoms with Crippen LogP contribution in [0.25, 0.3) is 0 Å². The Labute approximate surface area is 116 Å². The van der Waals surface area contributed by atoms with Crippen LogP contribution in [-0.4, -0.2) is 42.0 Å². The van der Waals surface area contributed by atoms with Crippen molar-refractivity contribution in [2.24, 2.45) is 5.92 Å². The Balaban J connectivity index is 1.97. The second kappa shape index (κ2) is 5.90. The van der Waals surface area contributed by atoms with Crippen LogP contribution < -0.4 is 4.72 Å². The molecule has 0 aromatic carbocycles. The van der Waals surface area contributed by atoms with Crippen LogP contribution in [0.4, 0.5) is 0 Å². The fourth-order valence-corrected chi connectivity index (χ4v) is 3.37. The van der Waals surface area contributed by atoms with Gasteiger partial charge in [0.25, 0.3) is 10.2 Å². The van der Waals surface area contributed by atoms with E-state index < -0.39 is 22.1 Å². The van der Waals surface area contributed by atoms with Crippen LogP contribution in [0.5, 0.6) is 0 Å². The molecule has 20 heavy (non-hydrogen) atoms. The number of carboxylic acids is 1. The first-order valence-corrected chi connectivity index (χ1v) is 7.72. The van der Waals surface area contributed by atoms with Gasteiger partial charge in [-0.1, -0.05) is 5.16 Å². The minimum absolute atomic E-state index is 0.0000984. The Kier molecular flexibility index (Phi) is 4.41. The second-order valence-corrected chi connectivity index (χ2v) is 6.55. The van der Waals surface area contributed by atoms with E-state index in [-0.39, 0.29) is 13.1 Å². The average Bonchev–Trinajstić information content (AvgIpc) is 2.82. The zero-order valence-electron chi connectivity index (χ0n) is 11.1. The van der Waals surface area contributed by atoms with Gasteiger partial charge in [-0.3, -0.25) is 4.79 Å². The predicted molar refractivity (Wildman–Crippen MR) is 68.9 cm³/mol. The minimum atomic E-state index is -3.71. The van der Waals surface area contributed by atoms with Gasteiger partial charge in [0.05, 0.1) is 18.2 Å². The highest BCUT2D eigenvalue weighted by Crippen LogP contribution is 2.18. The first kappa shape index (κ1) is 14.9. The van der Waals surface area contributed by atoms with E-state index in [1.807, 2.05) is 0 Å². The summed E-state index contributed by atoms with van der Waals surface area (Å²) in [7, 11) is -3.71. The highest BCUT2D eigenvalue weighted by Gasteiger charge is 2.32. The van der Waals surface area contributed by atoms with Crippen molar-refractivity contribution in [1.29, 1.82) is 0 Å². The molecule has 1 aliphatic rings. The van der Waals surface area contributed by atoms with E-state index in [1.165, 1.54) is 4.31 Å². The highest BCUT2D eigenvalue weighted by molar-refractivity contribution is 7.87. The van der Waals surface area contributed by atoms with E-state index in [9.17, 15) is 13.2 Å². The van der Waals surface area contributed by atoms with Gasteiger partial charge in [-0.25, -0.2) is 0 Å². The van der Waals surface area contributed by atoms with Gasteiger partial charge < -0.3 is 9.63 Å². The van der Waals surface area contributed by atoms with Crippen LogP contribution >= 0.6 is 0 Å². The van der Waals surface area contributed by atoms with Crippen LogP contribution in [0, 0.1) is 12.8 Å². The molecule has 0 aliphatic carbocycles. The van der Waals surface area contributed by atoms with Gasteiger partial charge in [0.15, 0.2) is 5.76 Å². The molecular formula is C11H17N3O5S. The zero-order valence-corrected chi connectivity index (χ0v) is 11.9. The molecule has 0 amide bonds. The number of nitrogens with one attached hydrogen (secondary N) is 1. The molecule has 112 valence electrons. The molecule has 2 heterocycles. The molecule has 0 bridgehead atoms. The molecule has 2 N–H and O–H groups in total. The number of piperidine rings is 1. The lowest BCUT2D eigenvalue weighted by molar-refractivity contribution is -0.142. The van der Waals surface area contributed by atoms with Crippen LogP contribution in [0.3, 0.4) is 0 Å². The number of rotatable bonds is 5. The molecule has 0 radical (unpaired) electrons. The van der Waals surface area contributed by atoms with Crippen molar-refractivity contribution >= 4 is 16.2 Å². The lowest BCUT2D eigenvalue weighted by Gasteiger charge is -2.29. The largest absolute Gasteiger partial charge is 0.481 e. The summed E-state index contributed by atoms with van der Waals surface area (Å²) in [5.41, 5.74) is 0.670. The molecule has 1 aliphatic heterocycles. The molecule has 0 spiro atoms. The minimum Gasteiger partial charge on any atom is -0.481 e. The van der Waals surface area contributed by atoms with Gasteiger partial charge >= 0.3 is 5.97 Å². The van der Waals surface area contributed by atoms with E-state index in [0.29, 0.717) is 30.8 Å². The summed E-state index contributed by atoms with van der Waals surface area (Å²) >= 11 is 0. The highest BCUT2D eigenvalue weighted by atomic mass is 32.2. The number of hydrogen-bond acceptors (Lipinski definition) is 5. The third kappa shape index (κ3) is 3.56. The Morgan fingerprint density at radius 1 is 1.65 bits per heavy atom. The van der Waals surface area contributed by atoms with Crippen molar-refractivity contribution in [3.05, 3.63) is 17.5 Å². The summed E-state index contributed by atoms with van der Waals surface area (Å²) in [4.78, 5) is 10.9. The van der Waals surface area contributed by atoms with Gasteiger partial charge in [0, 0.05) is 19.2 Å². The summed E-state index contributed by atoms with van der Waals surface area (Å²) in [5.74, 6) is -1.19. The molecule has 1 saturated heterocycles. The van der Waals surface area contributed by atoms with E-state index in [1.54, 1.807) is 13.0 Å². The first-order valence-electron chi connectivity index (χ1n) is 6.28. The standard InChI is InChI=1S/C11H17N3O5S/c1-8-5-10(19-13-8)6-12-20(17,18)14-4-2-3-9(7-14)11(15)16/h5,9,12H,2-4,6-7H2,1H3,(H,15,16). The Morgan fingerprint density at radius 3 is 3.00 bits per heavy atom. The lowest BCUT2D eigenvalue weighted by Crippen LogP contribution is -2.47. The van der Waals surface area contributed by atoms with Crippen molar-refractivity contribution in [2.45, 2.75) is 26.3 Å². The maximum Gasteiger partial charge on any atom is 0.307 e. The molecule has 1 aromatic heterocycles. The van der Waals surface area contributed by atoms with E-state index in [0.717, 1.165) is 0 Å². The molecule has 8 nitrogen and oxygen atoms in total. The van der Waals surface area contributed by atoms with Crippen molar-refractivity contribution < 1.29 is 22.8 Å². The normalized spacial score (nSPS) is 20.9. The van der Waals surface area contributed by atoms with E-state index in [4.69, 9.17) is 9.63 Å². The van der Waals surface area contributed by atoms with Crippen LogP contribution in [0.1, 0.15) is 24.3 Å². The Morgan fingerprint density at radius 2 is 2.40 bits per heavy atom. The third-order valence-electron chi connectivity index (χ3n) is 3.18. The van der Waals surface area contributed by atoms with Crippen LogP contribution in [0.2, 0.25) is 0 Å². The van der Waals surface area contributed by atoms with Crippen LogP contribution in [0.15, 0.2) is 10.6 Å². The van der Waals surface area contributed by atoms with Gasteiger partial charge in [-0.05, 0) is 19.8 Å². The average molecular weight is 303 g/mol. The predicted octanol–water partition coefficient (Wildman–Crippen LogP) is 0.114. The number of hydrogen-bond donors (Lipinski definition) is 2. The Hall–Kier alpha value is -1.45. The molecule has 9 heteroatoms. The summed E-state index contributed by atoms with van der Waals surface area (Å²) < 4.78 is 32.7. The maximum atomic E-state index is 12.1.